The van der Waals surface area contributed by atoms with Crippen molar-refractivity contribution in [1.82, 2.24) is 4.98 Å². The molecule has 3 nitrogen and oxygen atoms in total. The van der Waals surface area contributed by atoms with Crippen molar-refractivity contribution in [2.75, 3.05) is 0 Å². The van der Waals surface area contributed by atoms with Crippen LogP contribution in [0.15, 0.2) is 54.4 Å². The van der Waals surface area contributed by atoms with Crippen molar-refractivity contribution in [1.29, 1.82) is 0 Å². The van der Waals surface area contributed by atoms with Gasteiger partial charge in [0, 0.05) is 18.0 Å². The van der Waals surface area contributed by atoms with Crippen LogP contribution in [0.4, 0.5) is 0 Å². The van der Waals surface area contributed by atoms with Crippen molar-refractivity contribution in [2.45, 2.75) is 33.3 Å². The summed E-state index contributed by atoms with van der Waals surface area (Å²) in [5.74, 6) is 0.768. The fraction of sp³-hybridized carbons (Fsp3) is 0.263. The van der Waals surface area contributed by atoms with Gasteiger partial charge in [0.15, 0.2) is 5.78 Å². The first-order chi connectivity index (χ1) is 10.3. The molecule has 2 rings (SSSR count). The lowest BCUT2D eigenvalue weighted by atomic mass is 10.0. The Morgan fingerprint density at radius 2 is 1.82 bits per heavy atom. The Morgan fingerprint density at radius 3 is 2.36 bits per heavy atom. The normalized spacial score (nSPS) is 12.1. The van der Waals surface area contributed by atoms with Crippen molar-refractivity contribution in [3.05, 3.63) is 65.5 Å². The van der Waals surface area contributed by atoms with E-state index in [0.717, 1.165) is 11.3 Å². The van der Waals surface area contributed by atoms with Gasteiger partial charge < -0.3 is 4.74 Å². The standard InChI is InChI=1S/C19H21NO2/c1-14(12-15-6-5-11-20-13-15)18(21)16-7-9-17(10-8-16)22-19(2,3)4/h5-13H,1-4H3. The fourth-order valence-electron chi connectivity index (χ4n) is 2.03. The molecule has 0 aliphatic rings. The summed E-state index contributed by atoms with van der Waals surface area (Å²) in [5.41, 5.74) is 2.00. The van der Waals surface area contributed by atoms with E-state index < -0.39 is 0 Å². The van der Waals surface area contributed by atoms with Crippen LogP contribution in [0.1, 0.15) is 43.6 Å². The first-order valence-electron chi connectivity index (χ1n) is 7.27. The predicted octanol–water partition coefficient (Wildman–Crippen LogP) is 4.55. The minimum absolute atomic E-state index is 0.00571. The van der Waals surface area contributed by atoms with Crippen LogP contribution in [-0.4, -0.2) is 16.4 Å². The first-order valence-corrected chi connectivity index (χ1v) is 7.27. The highest BCUT2D eigenvalue weighted by molar-refractivity contribution is 6.10. The molecule has 0 saturated carbocycles. The van der Waals surface area contributed by atoms with E-state index in [0.29, 0.717) is 11.1 Å². The van der Waals surface area contributed by atoms with E-state index in [4.69, 9.17) is 4.74 Å². The average molecular weight is 295 g/mol. The molecular formula is C19H21NO2. The van der Waals surface area contributed by atoms with E-state index in [-0.39, 0.29) is 11.4 Å². The molecule has 0 unspecified atom stereocenters. The van der Waals surface area contributed by atoms with Crippen LogP contribution in [0.25, 0.3) is 6.08 Å². The van der Waals surface area contributed by atoms with Gasteiger partial charge in [0.25, 0.3) is 0 Å². The number of ketones is 1. The van der Waals surface area contributed by atoms with Crippen LogP contribution in [0, 0.1) is 0 Å². The Morgan fingerprint density at radius 1 is 1.14 bits per heavy atom. The van der Waals surface area contributed by atoms with E-state index in [1.807, 2.05) is 58.0 Å². The first kappa shape index (κ1) is 16.0. The summed E-state index contributed by atoms with van der Waals surface area (Å²) in [5, 5.41) is 0. The van der Waals surface area contributed by atoms with Gasteiger partial charge in [-0.15, -0.1) is 0 Å². The maximum Gasteiger partial charge on any atom is 0.188 e. The number of carbonyl (C=O) groups excluding carboxylic acids is 1. The van der Waals surface area contributed by atoms with Crippen LogP contribution in [0.5, 0.6) is 5.75 Å². The highest BCUT2D eigenvalue weighted by Crippen LogP contribution is 2.20. The number of hydrogen-bond donors (Lipinski definition) is 0. The molecule has 3 heteroatoms. The maximum atomic E-state index is 12.4. The number of rotatable bonds is 4. The molecule has 1 heterocycles. The Labute approximate surface area is 131 Å². The van der Waals surface area contributed by atoms with E-state index in [9.17, 15) is 4.79 Å². The highest BCUT2D eigenvalue weighted by atomic mass is 16.5. The monoisotopic (exact) mass is 295 g/mol. The lowest BCUT2D eigenvalue weighted by Gasteiger charge is -2.21. The topological polar surface area (TPSA) is 39.2 Å². The number of hydrogen-bond acceptors (Lipinski definition) is 3. The van der Waals surface area contributed by atoms with Gasteiger partial charge in [0.2, 0.25) is 0 Å². The molecule has 0 N–H and O–H groups in total. The second-order valence-corrected chi connectivity index (χ2v) is 6.18. The number of allylic oxidation sites excluding steroid dienone is 1. The molecule has 0 aliphatic heterocycles. The molecule has 0 aliphatic carbocycles. The SMILES string of the molecule is CC(=Cc1cccnc1)C(=O)c1ccc(OC(C)(C)C)cc1. The summed E-state index contributed by atoms with van der Waals surface area (Å²) in [6.07, 6.45) is 5.29. The zero-order chi connectivity index (χ0) is 16.2. The second-order valence-electron chi connectivity index (χ2n) is 6.18. The highest BCUT2D eigenvalue weighted by Gasteiger charge is 2.13. The summed E-state index contributed by atoms with van der Waals surface area (Å²) < 4.78 is 5.76. The minimum atomic E-state index is -0.248. The van der Waals surface area contributed by atoms with E-state index in [2.05, 4.69) is 4.98 Å². The van der Waals surface area contributed by atoms with Gasteiger partial charge >= 0.3 is 0 Å². The molecule has 22 heavy (non-hydrogen) atoms. The molecular weight excluding hydrogens is 274 g/mol. The molecule has 0 fully saturated rings. The molecule has 2 aromatic rings. The van der Waals surface area contributed by atoms with Gasteiger partial charge in [-0.2, -0.15) is 0 Å². The number of Topliss-reactive ketones (excluding diaryl/α,β-unsaturated/α-hetero) is 1. The van der Waals surface area contributed by atoms with Crippen LogP contribution >= 0.6 is 0 Å². The Hall–Kier alpha value is -2.42. The molecule has 0 spiro atoms. The average Bonchev–Trinajstić information content (AvgIpc) is 2.46. The minimum Gasteiger partial charge on any atom is -0.488 e. The maximum absolute atomic E-state index is 12.4. The van der Waals surface area contributed by atoms with Crippen molar-refractivity contribution in [3.8, 4) is 5.75 Å². The third-order valence-electron chi connectivity index (χ3n) is 2.97. The van der Waals surface area contributed by atoms with Gasteiger partial charge in [0.1, 0.15) is 11.4 Å². The molecule has 0 bridgehead atoms. The zero-order valence-electron chi connectivity index (χ0n) is 13.5. The van der Waals surface area contributed by atoms with Crippen LogP contribution in [-0.2, 0) is 0 Å². The molecule has 0 saturated heterocycles. The van der Waals surface area contributed by atoms with Gasteiger partial charge in [-0.05, 0) is 75.2 Å². The van der Waals surface area contributed by atoms with E-state index in [1.165, 1.54) is 0 Å². The Balaban J connectivity index is 2.14. The quantitative estimate of drug-likeness (QED) is 0.614. The van der Waals surface area contributed by atoms with Gasteiger partial charge in [0.05, 0.1) is 0 Å². The van der Waals surface area contributed by atoms with Crippen LogP contribution in [0.3, 0.4) is 0 Å². The van der Waals surface area contributed by atoms with Crippen molar-refractivity contribution in [3.63, 3.8) is 0 Å². The van der Waals surface area contributed by atoms with Crippen molar-refractivity contribution in [2.24, 2.45) is 0 Å². The van der Waals surface area contributed by atoms with Gasteiger partial charge in [-0.3, -0.25) is 9.78 Å². The smallest absolute Gasteiger partial charge is 0.188 e. The number of ether oxygens (including phenoxy) is 1. The predicted molar refractivity (Wildman–Crippen MR) is 89.0 cm³/mol. The van der Waals surface area contributed by atoms with Crippen molar-refractivity contribution < 1.29 is 9.53 Å². The lowest BCUT2D eigenvalue weighted by molar-refractivity contribution is 0.103. The zero-order valence-corrected chi connectivity index (χ0v) is 13.5. The third-order valence-corrected chi connectivity index (χ3v) is 2.97. The Bertz CT molecular complexity index is 665. The molecule has 1 aromatic heterocycles. The van der Waals surface area contributed by atoms with E-state index >= 15 is 0 Å². The van der Waals surface area contributed by atoms with Crippen LogP contribution in [0.2, 0.25) is 0 Å². The number of nitrogens with zero attached hydrogens (tertiary/aromatic N) is 1. The summed E-state index contributed by atoms with van der Waals surface area (Å²) >= 11 is 0. The summed E-state index contributed by atoms with van der Waals surface area (Å²) in [6.45, 7) is 7.79. The summed E-state index contributed by atoms with van der Waals surface area (Å²) in [6, 6.07) is 11.0. The molecule has 1 aromatic carbocycles. The number of pyridine rings is 1. The fourth-order valence-corrected chi connectivity index (χ4v) is 2.03. The molecule has 0 radical (unpaired) electrons. The van der Waals surface area contributed by atoms with Gasteiger partial charge in [-0.1, -0.05) is 6.07 Å². The summed E-state index contributed by atoms with van der Waals surface area (Å²) in [7, 11) is 0. The molecule has 0 atom stereocenters. The lowest BCUT2D eigenvalue weighted by Crippen LogP contribution is -2.22. The summed E-state index contributed by atoms with van der Waals surface area (Å²) in [4.78, 5) is 16.5. The Kier molecular flexibility index (Phi) is 4.76. The van der Waals surface area contributed by atoms with E-state index in [1.54, 1.807) is 24.5 Å². The number of aromatic nitrogens is 1. The van der Waals surface area contributed by atoms with Gasteiger partial charge in [-0.25, -0.2) is 0 Å². The molecule has 0 amide bonds. The largest absolute Gasteiger partial charge is 0.488 e. The second kappa shape index (κ2) is 6.56. The molecule has 114 valence electrons. The number of benzene rings is 1. The van der Waals surface area contributed by atoms with Crippen LogP contribution < -0.4 is 4.74 Å². The number of carbonyl (C=O) groups is 1. The third kappa shape index (κ3) is 4.55. The van der Waals surface area contributed by atoms with Crippen molar-refractivity contribution >= 4 is 11.9 Å².